The first-order valence-corrected chi connectivity index (χ1v) is 4.48. The summed E-state index contributed by atoms with van der Waals surface area (Å²) in [4.78, 5) is 4.04. The maximum absolute atomic E-state index is 5.59. The summed E-state index contributed by atoms with van der Waals surface area (Å²) in [5.74, 6) is 0.646. The van der Waals surface area contributed by atoms with E-state index < -0.39 is 0 Å². The van der Waals surface area contributed by atoms with E-state index in [1.54, 1.807) is 12.1 Å². The summed E-state index contributed by atoms with van der Waals surface area (Å²) in [5, 5.41) is 2.71. The molecule has 0 saturated carbocycles. The zero-order chi connectivity index (χ0) is 8.55. The van der Waals surface area contributed by atoms with Crippen molar-refractivity contribution < 1.29 is 4.42 Å². The van der Waals surface area contributed by atoms with Gasteiger partial charge in [-0.3, -0.25) is 0 Å². The van der Waals surface area contributed by atoms with Crippen molar-refractivity contribution in [1.82, 2.24) is 4.98 Å². The van der Waals surface area contributed by atoms with E-state index in [9.17, 15) is 0 Å². The molecule has 0 atom stereocenters. The van der Waals surface area contributed by atoms with Crippen LogP contribution in [0.3, 0.4) is 0 Å². The fourth-order valence-electron chi connectivity index (χ4n) is 0.853. The number of hydrogen-bond acceptors (Lipinski definition) is 4. The number of rotatable bonds is 1. The first-order valence-electron chi connectivity index (χ1n) is 3.22. The molecule has 5 heteroatoms. The Morgan fingerprint density at radius 3 is 2.83 bits per heavy atom. The van der Waals surface area contributed by atoms with Crippen LogP contribution < -0.4 is 5.73 Å². The molecular weight excluding hydrogens is 196 g/mol. The molecular formula is C7H5ClN2OS. The molecule has 2 N–H and O–H groups in total. The molecule has 0 aliphatic carbocycles. The van der Waals surface area contributed by atoms with Gasteiger partial charge in [0.1, 0.15) is 5.69 Å². The van der Waals surface area contributed by atoms with Crippen molar-refractivity contribution in [2.24, 2.45) is 0 Å². The maximum atomic E-state index is 5.59. The first-order chi connectivity index (χ1) is 5.75. The van der Waals surface area contributed by atoms with Gasteiger partial charge < -0.3 is 10.2 Å². The van der Waals surface area contributed by atoms with Crippen LogP contribution in [0.1, 0.15) is 0 Å². The zero-order valence-electron chi connectivity index (χ0n) is 5.95. The predicted molar refractivity (Wildman–Crippen MR) is 49.2 cm³/mol. The molecule has 2 aromatic rings. The molecule has 2 aromatic heterocycles. The van der Waals surface area contributed by atoms with Crippen molar-refractivity contribution in [3.63, 3.8) is 0 Å². The Hall–Kier alpha value is -1.00. The third kappa shape index (κ3) is 1.31. The van der Waals surface area contributed by atoms with Crippen LogP contribution in [0, 0.1) is 0 Å². The Labute approximate surface area is 77.8 Å². The average Bonchev–Trinajstić information content (AvgIpc) is 2.58. The van der Waals surface area contributed by atoms with Crippen molar-refractivity contribution in [3.05, 3.63) is 22.7 Å². The normalized spacial score (nSPS) is 10.4. The van der Waals surface area contributed by atoms with Gasteiger partial charge >= 0.3 is 0 Å². The highest BCUT2D eigenvalue weighted by molar-refractivity contribution is 7.13. The van der Waals surface area contributed by atoms with Crippen LogP contribution >= 0.6 is 22.9 Å². The molecule has 0 bridgehead atoms. The third-order valence-corrected chi connectivity index (χ3v) is 2.22. The zero-order valence-corrected chi connectivity index (χ0v) is 7.52. The molecule has 62 valence electrons. The summed E-state index contributed by atoms with van der Waals surface area (Å²) in [7, 11) is 0. The molecule has 2 rings (SSSR count). The second-order valence-electron chi connectivity index (χ2n) is 2.17. The van der Waals surface area contributed by atoms with E-state index in [2.05, 4.69) is 4.98 Å². The van der Waals surface area contributed by atoms with Gasteiger partial charge in [0.2, 0.25) is 0 Å². The average molecular weight is 201 g/mol. The molecule has 2 heterocycles. The van der Waals surface area contributed by atoms with Gasteiger partial charge in [-0.2, -0.15) is 0 Å². The Balaban J connectivity index is 2.43. The number of nitrogen functional groups attached to an aromatic ring is 1. The highest BCUT2D eigenvalue weighted by Gasteiger charge is 2.06. The fraction of sp³-hybridized carbons (Fsp3) is 0. The Morgan fingerprint density at radius 2 is 2.33 bits per heavy atom. The highest BCUT2D eigenvalue weighted by Crippen LogP contribution is 2.26. The van der Waals surface area contributed by atoms with Gasteiger partial charge in [0.05, 0.1) is 0 Å². The standard InChI is InChI=1S/C7H5ClN2OS/c8-6-2-1-5(11-6)4-3-12-7(9)10-4/h1-3H,(H2,9,10). The van der Waals surface area contributed by atoms with Gasteiger partial charge in [-0.05, 0) is 23.7 Å². The third-order valence-electron chi connectivity index (χ3n) is 1.35. The van der Waals surface area contributed by atoms with E-state index >= 15 is 0 Å². The second-order valence-corrected chi connectivity index (χ2v) is 3.44. The monoisotopic (exact) mass is 200 g/mol. The number of nitrogens with two attached hydrogens (primary N) is 1. The van der Waals surface area contributed by atoms with E-state index in [0.717, 1.165) is 5.69 Å². The Bertz CT molecular complexity index is 357. The lowest BCUT2D eigenvalue weighted by Gasteiger charge is -1.86. The number of nitrogens with zero attached hydrogens (tertiary/aromatic N) is 1. The van der Waals surface area contributed by atoms with Crippen molar-refractivity contribution >= 4 is 28.1 Å². The van der Waals surface area contributed by atoms with Crippen LogP contribution in [-0.4, -0.2) is 4.98 Å². The molecule has 0 aromatic carbocycles. The fourth-order valence-corrected chi connectivity index (χ4v) is 1.55. The van der Waals surface area contributed by atoms with E-state index in [-0.39, 0.29) is 0 Å². The van der Waals surface area contributed by atoms with Crippen molar-refractivity contribution in [3.8, 4) is 11.5 Å². The number of anilines is 1. The summed E-state index contributed by atoms with van der Waals surface area (Å²) in [6, 6.07) is 3.43. The summed E-state index contributed by atoms with van der Waals surface area (Å²) in [6.45, 7) is 0. The quantitative estimate of drug-likeness (QED) is 0.770. The Morgan fingerprint density at radius 1 is 1.50 bits per heavy atom. The largest absolute Gasteiger partial charge is 0.443 e. The van der Waals surface area contributed by atoms with Crippen LogP contribution in [0.2, 0.25) is 5.22 Å². The van der Waals surface area contributed by atoms with Crippen LogP contribution in [-0.2, 0) is 0 Å². The van der Waals surface area contributed by atoms with Gasteiger partial charge in [0.15, 0.2) is 16.1 Å². The molecule has 0 fully saturated rings. The molecule has 0 aliphatic rings. The van der Waals surface area contributed by atoms with E-state index in [1.165, 1.54) is 11.3 Å². The lowest BCUT2D eigenvalue weighted by atomic mass is 10.4. The molecule has 3 nitrogen and oxygen atoms in total. The van der Waals surface area contributed by atoms with E-state index in [4.69, 9.17) is 21.8 Å². The van der Waals surface area contributed by atoms with Crippen LogP contribution in [0.4, 0.5) is 5.13 Å². The van der Waals surface area contributed by atoms with E-state index in [1.807, 2.05) is 5.38 Å². The van der Waals surface area contributed by atoms with Crippen LogP contribution in [0.25, 0.3) is 11.5 Å². The summed E-state index contributed by atoms with van der Waals surface area (Å²) < 4.78 is 5.14. The first kappa shape index (κ1) is 7.64. The molecule has 0 aliphatic heterocycles. The van der Waals surface area contributed by atoms with Crippen molar-refractivity contribution in [2.75, 3.05) is 5.73 Å². The molecule has 0 unspecified atom stereocenters. The second kappa shape index (κ2) is 2.80. The molecule has 12 heavy (non-hydrogen) atoms. The summed E-state index contributed by atoms with van der Waals surface area (Å²) in [5.41, 5.74) is 6.18. The molecule has 0 spiro atoms. The van der Waals surface area contributed by atoms with Crippen molar-refractivity contribution in [1.29, 1.82) is 0 Å². The number of hydrogen-bond donors (Lipinski definition) is 1. The molecule has 0 saturated heterocycles. The molecule has 0 radical (unpaired) electrons. The topological polar surface area (TPSA) is 52.0 Å². The number of halogens is 1. The number of thiazole rings is 1. The van der Waals surface area contributed by atoms with Crippen LogP contribution in [0.15, 0.2) is 21.9 Å². The lowest BCUT2D eigenvalue weighted by Crippen LogP contribution is -1.81. The minimum atomic E-state index is 0.358. The van der Waals surface area contributed by atoms with E-state index in [0.29, 0.717) is 16.1 Å². The predicted octanol–water partition coefficient (Wildman–Crippen LogP) is 2.64. The van der Waals surface area contributed by atoms with Gasteiger partial charge in [-0.1, -0.05) is 0 Å². The smallest absolute Gasteiger partial charge is 0.194 e. The Kier molecular flexibility index (Phi) is 1.78. The van der Waals surface area contributed by atoms with Crippen LogP contribution in [0.5, 0.6) is 0 Å². The molecule has 0 amide bonds. The minimum absolute atomic E-state index is 0.358. The van der Waals surface area contributed by atoms with Gasteiger partial charge in [-0.15, -0.1) is 11.3 Å². The minimum Gasteiger partial charge on any atom is -0.443 e. The van der Waals surface area contributed by atoms with Gasteiger partial charge in [0, 0.05) is 5.38 Å². The van der Waals surface area contributed by atoms with Crippen molar-refractivity contribution in [2.45, 2.75) is 0 Å². The number of aromatic nitrogens is 1. The lowest BCUT2D eigenvalue weighted by molar-refractivity contribution is 0.582. The maximum Gasteiger partial charge on any atom is 0.194 e. The van der Waals surface area contributed by atoms with Gasteiger partial charge in [0.25, 0.3) is 0 Å². The highest BCUT2D eigenvalue weighted by atomic mass is 35.5. The summed E-state index contributed by atoms with van der Waals surface area (Å²) >= 11 is 6.97. The van der Waals surface area contributed by atoms with Gasteiger partial charge in [-0.25, -0.2) is 4.98 Å². The summed E-state index contributed by atoms with van der Waals surface area (Å²) in [6.07, 6.45) is 0. The number of furan rings is 1. The SMILES string of the molecule is Nc1nc(-c2ccc(Cl)o2)cs1.